The lowest BCUT2D eigenvalue weighted by atomic mass is 9.93. The number of nitrogens with one attached hydrogen (secondary N) is 2. The van der Waals surface area contributed by atoms with Crippen LogP contribution >= 0.6 is 0 Å². The molecule has 0 aliphatic heterocycles. The number of rotatable bonds is 4. The first-order chi connectivity index (χ1) is 11.3. The van der Waals surface area contributed by atoms with E-state index >= 15 is 0 Å². The molecule has 2 aromatic rings. The molecular weight excluding hydrogens is 310 g/mol. The second-order valence-corrected chi connectivity index (χ2v) is 6.08. The summed E-state index contributed by atoms with van der Waals surface area (Å²) in [5.41, 5.74) is 3.49. The van der Waals surface area contributed by atoms with Crippen molar-refractivity contribution < 1.29 is 9.53 Å². The van der Waals surface area contributed by atoms with Crippen molar-refractivity contribution in [2.45, 2.75) is 26.2 Å². The number of hydrogen-bond donors (Lipinski definition) is 2. The van der Waals surface area contributed by atoms with Gasteiger partial charge in [0.25, 0.3) is 5.56 Å². The molecule has 1 aromatic heterocycles. The van der Waals surface area contributed by atoms with Crippen molar-refractivity contribution in [2.24, 2.45) is 5.10 Å². The second kappa shape index (κ2) is 7.03. The van der Waals surface area contributed by atoms with Gasteiger partial charge in [0.2, 0.25) is 5.95 Å². The number of methoxy groups -OCH3 is 1. The highest BCUT2D eigenvalue weighted by molar-refractivity contribution is 5.90. The average molecular weight is 329 g/mol. The van der Waals surface area contributed by atoms with Crippen LogP contribution in [0.1, 0.15) is 42.4 Å². The third-order valence-corrected chi connectivity index (χ3v) is 3.12. The minimum absolute atomic E-state index is 0.149. The van der Waals surface area contributed by atoms with Gasteiger partial charge in [-0.1, -0.05) is 32.9 Å². The molecule has 1 aromatic carbocycles. The molecule has 1 heterocycles. The Hall–Kier alpha value is -3.03. The van der Waals surface area contributed by atoms with Gasteiger partial charge in [0, 0.05) is 5.41 Å². The molecule has 0 spiro atoms. The molecule has 0 bridgehead atoms. The molecule has 0 aliphatic rings. The lowest BCUT2D eigenvalue weighted by Gasteiger charge is -2.15. The Labute approximate surface area is 139 Å². The van der Waals surface area contributed by atoms with Gasteiger partial charge >= 0.3 is 5.97 Å². The number of nitrogens with zero attached hydrogens (tertiary/aromatic N) is 3. The van der Waals surface area contributed by atoms with E-state index in [-0.39, 0.29) is 16.9 Å². The topological polar surface area (TPSA) is 109 Å². The van der Waals surface area contributed by atoms with Crippen molar-refractivity contribution >= 4 is 18.1 Å². The number of H-pyrrole nitrogens is 1. The molecule has 0 amide bonds. The number of ether oxygens (including phenoxy) is 1. The van der Waals surface area contributed by atoms with Gasteiger partial charge in [-0.15, -0.1) is 10.2 Å². The van der Waals surface area contributed by atoms with E-state index in [4.69, 9.17) is 0 Å². The molecule has 0 unspecified atom stereocenters. The van der Waals surface area contributed by atoms with E-state index in [1.165, 1.54) is 13.3 Å². The number of benzene rings is 1. The number of carbonyl (C=O) groups is 1. The largest absolute Gasteiger partial charge is 0.465 e. The first-order valence-corrected chi connectivity index (χ1v) is 7.26. The summed E-state index contributed by atoms with van der Waals surface area (Å²) in [5, 5.41) is 11.8. The molecule has 8 nitrogen and oxygen atoms in total. The van der Waals surface area contributed by atoms with Gasteiger partial charge in [-0.25, -0.2) is 10.2 Å². The fourth-order valence-corrected chi connectivity index (χ4v) is 1.87. The van der Waals surface area contributed by atoms with E-state index in [9.17, 15) is 9.59 Å². The number of aromatic nitrogens is 3. The van der Waals surface area contributed by atoms with E-state index in [2.05, 4.69) is 30.4 Å². The predicted molar refractivity (Wildman–Crippen MR) is 90.4 cm³/mol. The highest BCUT2D eigenvalue weighted by atomic mass is 16.5. The Morgan fingerprint density at radius 1 is 1.25 bits per heavy atom. The van der Waals surface area contributed by atoms with Crippen molar-refractivity contribution in [3.05, 3.63) is 51.4 Å². The van der Waals surface area contributed by atoms with Gasteiger partial charge in [-0.3, -0.25) is 9.78 Å². The molecule has 0 aliphatic carbocycles. The maximum atomic E-state index is 12.0. The zero-order chi connectivity index (χ0) is 17.7. The summed E-state index contributed by atoms with van der Waals surface area (Å²) in [4.78, 5) is 25.9. The van der Waals surface area contributed by atoms with Crippen molar-refractivity contribution in [2.75, 3.05) is 12.5 Å². The first kappa shape index (κ1) is 17.3. The molecule has 2 N–H and O–H groups in total. The highest BCUT2D eigenvalue weighted by Crippen LogP contribution is 2.15. The van der Waals surface area contributed by atoms with Crippen LogP contribution in [0.3, 0.4) is 0 Å². The van der Waals surface area contributed by atoms with E-state index in [1.807, 2.05) is 20.8 Å². The third kappa shape index (κ3) is 4.25. The number of aromatic amines is 1. The quantitative estimate of drug-likeness (QED) is 0.502. The van der Waals surface area contributed by atoms with E-state index in [0.717, 1.165) is 5.56 Å². The van der Waals surface area contributed by atoms with Crippen LogP contribution in [0.5, 0.6) is 0 Å². The lowest BCUT2D eigenvalue weighted by Crippen LogP contribution is -2.28. The molecule has 0 saturated carbocycles. The predicted octanol–water partition coefficient (Wildman–Crippen LogP) is 1.69. The van der Waals surface area contributed by atoms with E-state index in [0.29, 0.717) is 11.3 Å². The summed E-state index contributed by atoms with van der Waals surface area (Å²) >= 11 is 0. The zero-order valence-corrected chi connectivity index (χ0v) is 14.0. The molecular formula is C16H19N5O3. The molecule has 24 heavy (non-hydrogen) atoms. The Morgan fingerprint density at radius 3 is 2.46 bits per heavy atom. The zero-order valence-electron chi connectivity index (χ0n) is 14.0. The van der Waals surface area contributed by atoms with Crippen molar-refractivity contribution in [3.63, 3.8) is 0 Å². The fraction of sp³-hybridized carbons (Fsp3) is 0.312. The molecule has 2 rings (SSSR count). The van der Waals surface area contributed by atoms with E-state index in [1.54, 1.807) is 24.3 Å². The monoisotopic (exact) mass is 329 g/mol. The fourth-order valence-electron chi connectivity index (χ4n) is 1.87. The first-order valence-electron chi connectivity index (χ1n) is 7.26. The molecule has 0 saturated heterocycles. The highest BCUT2D eigenvalue weighted by Gasteiger charge is 2.20. The van der Waals surface area contributed by atoms with Gasteiger partial charge in [0.05, 0.1) is 18.9 Å². The third-order valence-electron chi connectivity index (χ3n) is 3.12. The van der Waals surface area contributed by atoms with Crippen molar-refractivity contribution in [3.8, 4) is 0 Å². The molecule has 0 atom stereocenters. The van der Waals surface area contributed by atoms with Crippen LogP contribution in [0.25, 0.3) is 0 Å². The van der Waals surface area contributed by atoms with Crippen molar-refractivity contribution in [1.29, 1.82) is 0 Å². The normalized spacial score (nSPS) is 11.5. The Bertz CT molecular complexity index is 804. The number of hydrogen-bond acceptors (Lipinski definition) is 7. The number of hydrazone groups is 1. The molecule has 8 heteroatoms. The number of esters is 1. The SMILES string of the molecule is COC(=O)c1ccc(/C=N/Nc2nnc(C(C)(C)C)c(=O)[nH]2)cc1. The van der Waals surface area contributed by atoms with Gasteiger partial charge in [0.15, 0.2) is 0 Å². The summed E-state index contributed by atoms with van der Waals surface area (Å²) in [6.45, 7) is 5.65. The van der Waals surface area contributed by atoms with Gasteiger partial charge in [0.1, 0.15) is 5.69 Å². The molecule has 126 valence electrons. The summed E-state index contributed by atoms with van der Waals surface area (Å²) in [6, 6.07) is 6.70. The minimum Gasteiger partial charge on any atom is -0.465 e. The lowest BCUT2D eigenvalue weighted by molar-refractivity contribution is 0.0600. The molecule has 0 radical (unpaired) electrons. The Kier molecular flexibility index (Phi) is 5.08. The summed E-state index contributed by atoms with van der Waals surface area (Å²) in [5.74, 6) is -0.251. The Morgan fingerprint density at radius 2 is 1.92 bits per heavy atom. The van der Waals surface area contributed by atoms with Gasteiger partial charge in [-0.2, -0.15) is 5.10 Å². The summed E-state index contributed by atoms with van der Waals surface area (Å²) < 4.78 is 4.63. The Balaban J connectivity index is 2.05. The van der Waals surface area contributed by atoms with Crippen LogP contribution in [-0.4, -0.2) is 34.5 Å². The maximum absolute atomic E-state index is 12.0. The standard InChI is InChI=1S/C16H19N5O3/c1-16(2,3)12-13(22)18-15(21-19-12)20-17-9-10-5-7-11(8-6-10)14(23)24-4/h5-9H,1-4H3,(H2,18,20,21,22)/b17-9+. The van der Waals surface area contributed by atoms with Crippen LogP contribution < -0.4 is 11.0 Å². The maximum Gasteiger partial charge on any atom is 0.337 e. The molecule has 0 fully saturated rings. The van der Waals surface area contributed by atoms with Crippen LogP contribution in [0.4, 0.5) is 5.95 Å². The van der Waals surface area contributed by atoms with Crippen LogP contribution in [0.15, 0.2) is 34.2 Å². The van der Waals surface area contributed by atoms with E-state index < -0.39 is 5.97 Å². The smallest absolute Gasteiger partial charge is 0.337 e. The minimum atomic E-state index is -0.400. The van der Waals surface area contributed by atoms with Crippen LogP contribution in [-0.2, 0) is 10.2 Å². The van der Waals surface area contributed by atoms with Crippen LogP contribution in [0.2, 0.25) is 0 Å². The second-order valence-electron chi connectivity index (χ2n) is 6.08. The number of anilines is 1. The van der Waals surface area contributed by atoms with Crippen molar-refractivity contribution in [1.82, 2.24) is 15.2 Å². The number of carbonyl (C=O) groups excluding carboxylic acids is 1. The van der Waals surface area contributed by atoms with Crippen LogP contribution in [0, 0.1) is 0 Å². The van der Waals surface area contributed by atoms with Gasteiger partial charge < -0.3 is 4.74 Å². The summed E-state index contributed by atoms with van der Waals surface area (Å²) in [7, 11) is 1.33. The van der Waals surface area contributed by atoms with Gasteiger partial charge in [-0.05, 0) is 17.7 Å². The summed E-state index contributed by atoms with van der Waals surface area (Å²) in [6.07, 6.45) is 1.53. The average Bonchev–Trinajstić information content (AvgIpc) is 2.53.